The zero-order valence-corrected chi connectivity index (χ0v) is 16.0. The lowest BCUT2D eigenvalue weighted by Crippen LogP contribution is -2.29. The zero-order chi connectivity index (χ0) is 21.4. The van der Waals surface area contributed by atoms with Gasteiger partial charge in [0.1, 0.15) is 0 Å². The molecule has 0 aromatic heterocycles. The number of Topliss-reactive ketones (excluding diaryl/α,β-unsaturated/α-hetero) is 1. The normalized spacial score (nSPS) is 12.6. The predicted molar refractivity (Wildman–Crippen MR) is 113 cm³/mol. The SMILES string of the molecule is CC(=O)c1cccc(NC(=O)c2ccc(N3C(=O)c4ccc(N)cc4C3=O)cc2)c1. The summed E-state index contributed by atoms with van der Waals surface area (Å²) in [5.41, 5.74) is 8.36. The number of nitrogen functional groups attached to an aromatic ring is 1. The first kappa shape index (κ1) is 19.1. The fourth-order valence-corrected chi connectivity index (χ4v) is 3.27. The van der Waals surface area contributed by atoms with Crippen LogP contribution >= 0.6 is 0 Å². The van der Waals surface area contributed by atoms with Crippen LogP contribution in [0.2, 0.25) is 0 Å². The summed E-state index contributed by atoms with van der Waals surface area (Å²) in [6, 6.07) is 17.3. The van der Waals surface area contributed by atoms with Gasteiger partial charge >= 0.3 is 0 Å². The first-order valence-corrected chi connectivity index (χ1v) is 9.16. The molecule has 1 aliphatic rings. The summed E-state index contributed by atoms with van der Waals surface area (Å²) >= 11 is 0. The molecule has 7 heteroatoms. The van der Waals surface area contributed by atoms with Gasteiger partial charge < -0.3 is 11.1 Å². The van der Waals surface area contributed by atoms with E-state index in [2.05, 4.69) is 5.32 Å². The Kier molecular flexibility index (Phi) is 4.63. The van der Waals surface area contributed by atoms with E-state index in [1.54, 1.807) is 30.3 Å². The summed E-state index contributed by atoms with van der Waals surface area (Å²) in [5, 5.41) is 2.73. The molecule has 0 radical (unpaired) electrons. The monoisotopic (exact) mass is 399 g/mol. The van der Waals surface area contributed by atoms with Crippen molar-refractivity contribution in [2.24, 2.45) is 0 Å². The Balaban J connectivity index is 1.54. The van der Waals surface area contributed by atoms with Crippen LogP contribution < -0.4 is 16.0 Å². The van der Waals surface area contributed by atoms with Gasteiger partial charge in [0, 0.05) is 22.5 Å². The molecule has 0 atom stereocenters. The van der Waals surface area contributed by atoms with Gasteiger partial charge in [-0.3, -0.25) is 19.2 Å². The largest absolute Gasteiger partial charge is 0.399 e. The highest BCUT2D eigenvalue weighted by atomic mass is 16.2. The summed E-state index contributed by atoms with van der Waals surface area (Å²) < 4.78 is 0. The minimum Gasteiger partial charge on any atom is -0.399 e. The number of rotatable bonds is 4. The molecule has 3 N–H and O–H groups in total. The molecule has 148 valence electrons. The highest BCUT2D eigenvalue weighted by molar-refractivity contribution is 6.34. The van der Waals surface area contributed by atoms with E-state index in [1.165, 1.54) is 43.3 Å². The van der Waals surface area contributed by atoms with Crippen molar-refractivity contribution < 1.29 is 19.2 Å². The highest BCUT2D eigenvalue weighted by Gasteiger charge is 2.36. The number of ketones is 1. The second-order valence-electron chi connectivity index (χ2n) is 6.89. The molecular weight excluding hydrogens is 382 g/mol. The number of hydrogen-bond donors (Lipinski definition) is 2. The third-order valence-electron chi connectivity index (χ3n) is 4.83. The van der Waals surface area contributed by atoms with Crippen molar-refractivity contribution >= 4 is 40.6 Å². The Morgan fingerprint density at radius 2 is 1.53 bits per heavy atom. The van der Waals surface area contributed by atoms with E-state index in [0.717, 1.165) is 4.90 Å². The van der Waals surface area contributed by atoms with Crippen molar-refractivity contribution in [3.8, 4) is 0 Å². The molecule has 0 spiro atoms. The van der Waals surface area contributed by atoms with Gasteiger partial charge in [-0.1, -0.05) is 12.1 Å². The molecule has 3 aromatic carbocycles. The number of fused-ring (bicyclic) bond motifs is 1. The number of benzene rings is 3. The van der Waals surface area contributed by atoms with Gasteiger partial charge in [0.15, 0.2) is 5.78 Å². The molecule has 30 heavy (non-hydrogen) atoms. The molecule has 1 aliphatic heterocycles. The standard InChI is InChI=1S/C23H17N3O4/c1-13(27)15-3-2-4-17(11-15)25-21(28)14-5-8-18(9-6-14)26-22(29)19-10-7-16(24)12-20(19)23(26)30/h2-12H,24H2,1H3,(H,25,28). The number of nitrogens with zero attached hydrogens (tertiary/aromatic N) is 1. The highest BCUT2D eigenvalue weighted by Crippen LogP contribution is 2.29. The number of imide groups is 1. The van der Waals surface area contributed by atoms with Crippen molar-refractivity contribution in [2.45, 2.75) is 6.92 Å². The fourth-order valence-electron chi connectivity index (χ4n) is 3.27. The van der Waals surface area contributed by atoms with E-state index in [-0.39, 0.29) is 17.3 Å². The lowest BCUT2D eigenvalue weighted by molar-refractivity contribution is 0.0924. The Hall–Kier alpha value is -4.26. The molecule has 0 saturated carbocycles. The van der Waals surface area contributed by atoms with E-state index >= 15 is 0 Å². The molecule has 0 bridgehead atoms. The number of carbonyl (C=O) groups is 4. The second kappa shape index (κ2) is 7.29. The van der Waals surface area contributed by atoms with Crippen LogP contribution in [0.4, 0.5) is 17.1 Å². The summed E-state index contributed by atoms with van der Waals surface area (Å²) in [6.07, 6.45) is 0. The maximum Gasteiger partial charge on any atom is 0.266 e. The van der Waals surface area contributed by atoms with Crippen molar-refractivity contribution in [3.05, 3.63) is 89.0 Å². The lowest BCUT2D eigenvalue weighted by atomic mass is 10.1. The molecule has 7 nitrogen and oxygen atoms in total. The quantitative estimate of drug-likeness (QED) is 0.396. The van der Waals surface area contributed by atoms with Crippen LogP contribution in [0.1, 0.15) is 48.4 Å². The first-order valence-electron chi connectivity index (χ1n) is 9.16. The van der Waals surface area contributed by atoms with E-state index < -0.39 is 11.8 Å². The number of carbonyl (C=O) groups excluding carboxylic acids is 4. The number of amides is 3. The van der Waals surface area contributed by atoms with Gasteiger partial charge in [0.2, 0.25) is 0 Å². The number of nitrogens with two attached hydrogens (primary N) is 1. The molecule has 0 saturated heterocycles. The molecule has 0 aliphatic carbocycles. The Morgan fingerprint density at radius 3 is 2.23 bits per heavy atom. The van der Waals surface area contributed by atoms with Gasteiger partial charge in [0.05, 0.1) is 16.8 Å². The van der Waals surface area contributed by atoms with Crippen LogP contribution in [-0.4, -0.2) is 23.5 Å². The second-order valence-corrected chi connectivity index (χ2v) is 6.89. The maximum absolute atomic E-state index is 12.6. The number of nitrogens with one attached hydrogen (secondary N) is 1. The molecule has 0 unspecified atom stereocenters. The Labute approximate surface area is 172 Å². The molecule has 0 fully saturated rings. The summed E-state index contributed by atoms with van der Waals surface area (Å²) in [4.78, 5) is 50.3. The predicted octanol–water partition coefficient (Wildman–Crippen LogP) is 3.52. The van der Waals surface area contributed by atoms with Gasteiger partial charge in [-0.15, -0.1) is 0 Å². The van der Waals surface area contributed by atoms with Gasteiger partial charge in [-0.05, 0) is 61.5 Å². The topological polar surface area (TPSA) is 110 Å². The van der Waals surface area contributed by atoms with E-state index in [4.69, 9.17) is 5.73 Å². The first-order chi connectivity index (χ1) is 14.3. The van der Waals surface area contributed by atoms with Crippen molar-refractivity contribution in [1.82, 2.24) is 0 Å². The fraction of sp³-hybridized carbons (Fsp3) is 0.0435. The van der Waals surface area contributed by atoms with Crippen LogP contribution in [0.25, 0.3) is 0 Å². The molecule has 3 amide bonds. The zero-order valence-electron chi connectivity index (χ0n) is 16.0. The van der Waals surface area contributed by atoms with Gasteiger partial charge in [-0.2, -0.15) is 0 Å². The van der Waals surface area contributed by atoms with E-state index in [9.17, 15) is 19.2 Å². The third-order valence-corrected chi connectivity index (χ3v) is 4.83. The number of anilines is 3. The van der Waals surface area contributed by atoms with Crippen molar-refractivity contribution in [3.63, 3.8) is 0 Å². The van der Waals surface area contributed by atoms with Crippen molar-refractivity contribution in [1.29, 1.82) is 0 Å². The minimum absolute atomic E-state index is 0.0989. The summed E-state index contributed by atoms with van der Waals surface area (Å²) in [6.45, 7) is 1.45. The van der Waals surface area contributed by atoms with Gasteiger partial charge in [-0.25, -0.2) is 4.90 Å². The van der Waals surface area contributed by atoms with Crippen LogP contribution in [0.3, 0.4) is 0 Å². The molecule has 4 rings (SSSR count). The smallest absolute Gasteiger partial charge is 0.266 e. The number of hydrogen-bond acceptors (Lipinski definition) is 5. The van der Waals surface area contributed by atoms with E-state index in [1.807, 2.05) is 0 Å². The van der Waals surface area contributed by atoms with Crippen molar-refractivity contribution in [2.75, 3.05) is 16.0 Å². The van der Waals surface area contributed by atoms with Crippen LogP contribution in [0, 0.1) is 0 Å². The average molecular weight is 399 g/mol. The minimum atomic E-state index is -0.458. The van der Waals surface area contributed by atoms with Crippen LogP contribution in [0.15, 0.2) is 66.7 Å². The Morgan fingerprint density at radius 1 is 0.833 bits per heavy atom. The molecular formula is C23H17N3O4. The maximum atomic E-state index is 12.6. The van der Waals surface area contributed by atoms with Crippen LogP contribution in [-0.2, 0) is 0 Å². The van der Waals surface area contributed by atoms with Crippen LogP contribution in [0.5, 0.6) is 0 Å². The van der Waals surface area contributed by atoms with Gasteiger partial charge in [0.25, 0.3) is 17.7 Å². The summed E-state index contributed by atoms with van der Waals surface area (Å²) in [7, 11) is 0. The molecule has 1 heterocycles. The average Bonchev–Trinajstić information content (AvgIpc) is 2.98. The summed E-state index contributed by atoms with van der Waals surface area (Å²) in [5.74, 6) is -1.37. The molecule has 3 aromatic rings. The third kappa shape index (κ3) is 3.33. The van der Waals surface area contributed by atoms with E-state index in [0.29, 0.717) is 33.8 Å². The Bertz CT molecular complexity index is 1220. The lowest BCUT2D eigenvalue weighted by Gasteiger charge is -2.14.